The third kappa shape index (κ3) is 3.70. The third-order valence-corrected chi connectivity index (χ3v) is 4.27. The lowest BCUT2D eigenvalue weighted by Gasteiger charge is -2.35. The van der Waals surface area contributed by atoms with E-state index >= 15 is 0 Å². The van der Waals surface area contributed by atoms with Gasteiger partial charge < -0.3 is 14.2 Å². The summed E-state index contributed by atoms with van der Waals surface area (Å²) in [5.74, 6) is 1.06. The zero-order valence-corrected chi connectivity index (χ0v) is 15.0. The van der Waals surface area contributed by atoms with Crippen LogP contribution in [0.15, 0.2) is 24.3 Å². The molecule has 130 valence electrons. The van der Waals surface area contributed by atoms with Crippen molar-refractivity contribution in [2.24, 2.45) is 7.05 Å². The molecule has 1 aromatic carbocycles. The lowest BCUT2D eigenvalue weighted by molar-refractivity contribution is 0.0136. The van der Waals surface area contributed by atoms with Gasteiger partial charge in [0.1, 0.15) is 11.4 Å². The third-order valence-electron chi connectivity index (χ3n) is 4.27. The minimum atomic E-state index is -0.443. The molecule has 1 aliphatic heterocycles. The first kappa shape index (κ1) is 16.8. The minimum Gasteiger partial charge on any atom is -0.444 e. The monoisotopic (exact) mass is 330 g/mol. The van der Waals surface area contributed by atoms with Crippen LogP contribution < -0.4 is 0 Å². The molecule has 0 spiro atoms. The fraction of sp³-hybridized carbons (Fsp3) is 0.556. The van der Waals surface area contributed by atoms with Gasteiger partial charge in [-0.3, -0.25) is 4.90 Å². The molecule has 1 aliphatic rings. The van der Waals surface area contributed by atoms with E-state index in [1.54, 1.807) is 4.90 Å². The molecule has 0 aliphatic carbocycles. The molecular formula is C18H26N4O2. The van der Waals surface area contributed by atoms with E-state index in [0.29, 0.717) is 13.1 Å². The number of rotatable bonds is 2. The van der Waals surface area contributed by atoms with Gasteiger partial charge in [-0.25, -0.2) is 9.78 Å². The van der Waals surface area contributed by atoms with Crippen LogP contribution in [0.4, 0.5) is 4.79 Å². The van der Waals surface area contributed by atoms with Crippen molar-refractivity contribution in [2.45, 2.75) is 32.9 Å². The molecule has 0 radical (unpaired) electrons. The number of hydrogen-bond acceptors (Lipinski definition) is 4. The van der Waals surface area contributed by atoms with Gasteiger partial charge in [0.25, 0.3) is 0 Å². The van der Waals surface area contributed by atoms with Gasteiger partial charge in [-0.15, -0.1) is 0 Å². The first-order valence-electron chi connectivity index (χ1n) is 8.44. The van der Waals surface area contributed by atoms with Crippen LogP contribution in [0.25, 0.3) is 11.0 Å². The van der Waals surface area contributed by atoms with Gasteiger partial charge in [-0.1, -0.05) is 12.1 Å². The number of carbonyl (C=O) groups excluding carboxylic acids is 1. The second kappa shape index (κ2) is 6.43. The summed E-state index contributed by atoms with van der Waals surface area (Å²) in [5.41, 5.74) is 1.74. The number of benzene rings is 1. The molecule has 1 amide bonds. The Balaban J connectivity index is 1.59. The van der Waals surface area contributed by atoms with E-state index in [9.17, 15) is 4.79 Å². The molecule has 0 saturated carbocycles. The summed E-state index contributed by atoms with van der Waals surface area (Å²) >= 11 is 0. The van der Waals surface area contributed by atoms with E-state index in [-0.39, 0.29) is 6.09 Å². The Labute approximate surface area is 143 Å². The summed E-state index contributed by atoms with van der Waals surface area (Å²) in [6, 6.07) is 8.18. The highest BCUT2D eigenvalue weighted by Gasteiger charge is 2.26. The van der Waals surface area contributed by atoms with Gasteiger partial charge in [0.15, 0.2) is 0 Å². The Morgan fingerprint density at radius 3 is 2.46 bits per heavy atom. The van der Waals surface area contributed by atoms with Crippen molar-refractivity contribution < 1.29 is 9.53 Å². The van der Waals surface area contributed by atoms with Gasteiger partial charge in [0, 0.05) is 33.2 Å². The number of aryl methyl sites for hydroxylation is 1. The summed E-state index contributed by atoms with van der Waals surface area (Å²) in [6.07, 6.45) is -0.218. The van der Waals surface area contributed by atoms with E-state index in [0.717, 1.165) is 36.5 Å². The number of para-hydroxylation sites is 2. The number of carbonyl (C=O) groups is 1. The number of hydrogen-bond donors (Lipinski definition) is 0. The highest BCUT2D eigenvalue weighted by atomic mass is 16.6. The number of amides is 1. The van der Waals surface area contributed by atoms with Crippen molar-refractivity contribution in [1.29, 1.82) is 0 Å². The van der Waals surface area contributed by atoms with Crippen LogP contribution in [0.1, 0.15) is 26.6 Å². The standard InChI is InChI=1S/C18H26N4O2/c1-18(2,3)24-17(23)22-11-9-21(10-12-22)13-16-19-14-7-5-6-8-15(14)20(16)4/h5-8H,9-13H2,1-4H3. The van der Waals surface area contributed by atoms with Gasteiger partial charge in [0.05, 0.1) is 17.6 Å². The average Bonchev–Trinajstić information content (AvgIpc) is 2.83. The molecule has 6 heteroatoms. The Morgan fingerprint density at radius 1 is 1.17 bits per heavy atom. The molecule has 1 fully saturated rings. The Hall–Kier alpha value is -2.08. The normalized spacial score (nSPS) is 16.6. The first-order valence-corrected chi connectivity index (χ1v) is 8.44. The molecule has 0 atom stereocenters. The Kier molecular flexibility index (Phi) is 4.49. The summed E-state index contributed by atoms with van der Waals surface area (Å²) in [7, 11) is 2.06. The molecular weight excluding hydrogens is 304 g/mol. The maximum absolute atomic E-state index is 12.1. The molecule has 0 unspecified atom stereocenters. The number of ether oxygens (including phenoxy) is 1. The second-order valence-corrected chi connectivity index (χ2v) is 7.32. The van der Waals surface area contributed by atoms with E-state index in [4.69, 9.17) is 9.72 Å². The molecule has 0 bridgehead atoms. The summed E-state index contributed by atoms with van der Waals surface area (Å²) in [6.45, 7) is 9.54. The highest BCUT2D eigenvalue weighted by molar-refractivity contribution is 5.75. The van der Waals surface area contributed by atoms with Crippen molar-refractivity contribution in [1.82, 2.24) is 19.4 Å². The van der Waals surface area contributed by atoms with Gasteiger partial charge in [0.2, 0.25) is 0 Å². The molecule has 1 aromatic heterocycles. The number of fused-ring (bicyclic) bond motifs is 1. The van der Waals surface area contributed by atoms with Crippen molar-refractivity contribution in [3.8, 4) is 0 Å². The summed E-state index contributed by atoms with van der Waals surface area (Å²) in [5, 5.41) is 0. The van der Waals surface area contributed by atoms with E-state index in [2.05, 4.69) is 22.6 Å². The second-order valence-electron chi connectivity index (χ2n) is 7.32. The molecule has 1 saturated heterocycles. The zero-order valence-electron chi connectivity index (χ0n) is 15.0. The first-order chi connectivity index (χ1) is 11.3. The lowest BCUT2D eigenvalue weighted by Crippen LogP contribution is -2.49. The average molecular weight is 330 g/mol. The predicted molar refractivity (Wildman–Crippen MR) is 93.8 cm³/mol. The van der Waals surface area contributed by atoms with Crippen LogP contribution in [0.2, 0.25) is 0 Å². The predicted octanol–water partition coefficient (Wildman–Crippen LogP) is 2.63. The van der Waals surface area contributed by atoms with Crippen LogP contribution in [0, 0.1) is 0 Å². The number of piperazine rings is 1. The Morgan fingerprint density at radius 2 is 1.83 bits per heavy atom. The minimum absolute atomic E-state index is 0.218. The largest absolute Gasteiger partial charge is 0.444 e. The van der Waals surface area contributed by atoms with Gasteiger partial charge in [-0.2, -0.15) is 0 Å². The quantitative estimate of drug-likeness (QED) is 0.849. The SMILES string of the molecule is Cn1c(CN2CCN(C(=O)OC(C)(C)C)CC2)nc2ccccc21. The molecule has 3 rings (SSSR count). The smallest absolute Gasteiger partial charge is 0.410 e. The lowest BCUT2D eigenvalue weighted by atomic mass is 10.2. The number of nitrogens with zero attached hydrogens (tertiary/aromatic N) is 4. The molecule has 6 nitrogen and oxygen atoms in total. The van der Waals surface area contributed by atoms with Crippen LogP contribution in [-0.2, 0) is 18.3 Å². The van der Waals surface area contributed by atoms with Crippen LogP contribution in [0.3, 0.4) is 0 Å². The maximum atomic E-state index is 12.1. The summed E-state index contributed by atoms with van der Waals surface area (Å²) in [4.78, 5) is 21.0. The molecule has 2 aromatic rings. The van der Waals surface area contributed by atoms with E-state index in [1.165, 1.54) is 0 Å². The zero-order chi connectivity index (χ0) is 17.3. The van der Waals surface area contributed by atoms with Crippen LogP contribution in [-0.4, -0.2) is 57.2 Å². The van der Waals surface area contributed by atoms with Crippen LogP contribution >= 0.6 is 0 Å². The molecule has 24 heavy (non-hydrogen) atoms. The van der Waals surface area contributed by atoms with Gasteiger partial charge >= 0.3 is 6.09 Å². The van der Waals surface area contributed by atoms with Gasteiger partial charge in [-0.05, 0) is 32.9 Å². The fourth-order valence-corrected chi connectivity index (χ4v) is 2.95. The highest BCUT2D eigenvalue weighted by Crippen LogP contribution is 2.17. The van der Waals surface area contributed by atoms with Crippen molar-refractivity contribution in [3.63, 3.8) is 0 Å². The topological polar surface area (TPSA) is 50.6 Å². The Bertz CT molecular complexity index is 724. The molecule has 0 N–H and O–H groups in total. The van der Waals surface area contributed by atoms with E-state index in [1.807, 2.05) is 39.0 Å². The molecule has 2 heterocycles. The van der Waals surface area contributed by atoms with Crippen molar-refractivity contribution in [2.75, 3.05) is 26.2 Å². The number of imidazole rings is 1. The van der Waals surface area contributed by atoms with E-state index < -0.39 is 5.60 Å². The number of aromatic nitrogens is 2. The van der Waals surface area contributed by atoms with Crippen LogP contribution in [0.5, 0.6) is 0 Å². The van der Waals surface area contributed by atoms with Crippen molar-refractivity contribution >= 4 is 17.1 Å². The summed E-state index contributed by atoms with van der Waals surface area (Å²) < 4.78 is 7.59. The fourth-order valence-electron chi connectivity index (χ4n) is 2.95. The maximum Gasteiger partial charge on any atom is 0.410 e. The van der Waals surface area contributed by atoms with Crippen molar-refractivity contribution in [3.05, 3.63) is 30.1 Å².